The van der Waals surface area contributed by atoms with Crippen molar-refractivity contribution in [2.45, 2.75) is 45.4 Å². The molecule has 2 aromatic carbocycles. The summed E-state index contributed by atoms with van der Waals surface area (Å²) >= 11 is 0. The van der Waals surface area contributed by atoms with E-state index in [-0.39, 0.29) is 11.9 Å². The summed E-state index contributed by atoms with van der Waals surface area (Å²) in [5.74, 6) is 1.11. The summed E-state index contributed by atoms with van der Waals surface area (Å²) in [6, 6.07) is 15.4. The zero-order valence-electron chi connectivity index (χ0n) is 15.7. The van der Waals surface area contributed by atoms with Crippen LogP contribution >= 0.6 is 0 Å². The minimum atomic E-state index is -0.437. The average Bonchev–Trinajstić information content (AvgIpc) is 2.70. The number of esters is 2. The van der Waals surface area contributed by atoms with Crippen LogP contribution < -0.4 is 9.47 Å². The van der Waals surface area contributed by atoms with Gasteiger partial charge in [-0.05, 0) is 68.0 Å². The molecule has 0 spiro atoms. The number of ether oxygens (including phenoxy) is 2. The highest BCUT2D eigenvalue weighted by Crippen LogP contribution is 2.32. The molecule has 27 heavy (non-hydrogen) atoms. The fraction of sp³-hybridized carbons (Fsp3) is 0.391. The lowest BCUT2D eigenvalue weighted by Crippen LogP contribution is -2.25. The van der Waals surface area contributed by atoms with E-state index < -0.39 is 5.97 Å². The Morgan fingerprint density at radius 1 is 0.852 bits per heavy atom. The molecule has 1 aliphatic carbocycles. The van der Waals surface area contributed by atoms with Gasteiger partial charge in [0.05, 0.1) is 11.5 Å². The summed E-state index contributed by atoms with van der Waals surface area (Å²) in [7, 11) is 0. The molecule has 1 aliphatic rings. The van der Waals surface area contributed by atoms with Crippen molar-refractivity contribution in [3.63, 3.8) is 0 Å². The van der Waals surface area contributed by atoms with Crippen LogP contribution in [0, 0.1) is 11.8 Å². The van der Waals surface area contributed by atoms with Gasteiger partial charge in [-0.2, -0.15) is 0 Å². The zero-order chi connectivity index (χ0) is 19.1. The molecular formula is C23H26O4. The number of benzene rings is 2. The van der Waals surface area contributed by atoms with Crippen molar-refractivity contribution in [2.24, 2.45) is 11.8 Å². The van der Waals surface area contributed by atoms with Crippen LogP contribution in [-0.4, -0.2) is 11.9 Å². The van der Waals surface area contributed by atoms with Gasteiger partial charge in [-0.1, -0.05) is 38.0 Å². The van der Waals surface area contributed by atoms with E-state index >= 15 is 0 Å². The molecule has 2 aromatic rings. The SMILES string of the molecule is CCCC1CCC(C(=O)Oc2ccc(C(=O)Oc3ccccc3)cc2)CC1. The predicted octanol–water partition coefficient (Wildman–Crippen LogP) is 5.42. The second-order valence-corrected chi connectivity index (χ2v) is 7.15. The predicted molar refractivity (Wildman–Crippen MR) is 104 cm³/mol. The van der Waals surface area contributed by atoms with Crippen molar-refractivity contribution in [3.05, 3.63) is 60.2 Å². The van der Waals surface area contributed by atoms with Gasteiger partial charge in [0, 0.05) is 0 Å². The Hall–Kier alpha value is -2.62. The number of hydrogen-bond acceptors (Lipinski definition) is 4. The van der Waals surface area contributed by atoms with E-state index in [0.29, 0.717) is 17.1 Å². The van der Waals surface area contributed by atoms with E-state index in [9.17, 15) is 9.59 Å². The third-order valence-electron chi connectivity index (χ3n) is 5.14. The Labute approximate surface area is 160 Å². The first-order chi connectivity index (χ1) is 13.2. The molecule has 1 fully saturated rings. The molecule has 0 atom stereocenters. The molecule has 0 heterocycles. The molecule has 0 N–H and O–H groups in total. The Bertz CT molecular complexity index is 744. The summed E-state index contributed by atoms with van der Waals surface area (Å²) in [5.41, 5.74) is 0.415. The van der Waals surface area contributed by atoms with E-state index in [0.717, 1.165) is 31.6 Å². The molecule has 4 nitrogen and oxygen atoms in total. The Kier molecular flexibility index (Phi) is 6.64. The molecule has 0 radical (unpaired) electrons. The minimum Gasteiger partial charge on any atom is -0.426 e. The second-order valence-electron chi connectivity index (χ2n) is 7.15. The van der Waals surface area contributed by atoms with Crippen LogP contribution in [0.2, 0.25) is 0 Å². The van der Waals surface area contributed by atoms with Crippen molar-refractivity contribution < 1.29 is 19.1 Å². The Morgan fingerprint density at radius 2 is 1.48 bits per heavy atom. The molecule has 0 saturated heterocycles. The van der Waals surface area contributed by atoms with Gasteiger partial charge in [0.25, 0.3) is 0 Å². The lowest BCUT2D eigenvalue weighted by atomic mass is 9.80. The highest BCUT2D eigenvalue weighted by atomic mass is 16.5. The summed E-state index contributed by atoms with van der Waals surface area (Å²) in [5, 5.41) is 0. The minimum absolute atomic E-state index is 0.0131. The molecule has 0 bridgehead atoms. The van der Waals surface area contributed by atoms with E-state index in [1.807, 2.05) is 6.07 Å². The van der Waals surface area contributed by atoms with Crippen molar-refractivity contribution in [1.82, 2.24) is 0 Å². The standard InChI is InChI=1S/C23H26O4/c1-2-6-17-9-11-18(12-10-17)22(24)27-21-15-13-19(14-16-21)23(25)26-20-7-4-3-5-8-20/h3-5,7-8,13-18H,2,6,9-12H2,1H3. The largest absolute Gasteiger partial charge is 0.426 e. The zero-order valence-corrected chi connectivity index (χ0v) is 15.7. The Morgan fingerprint density at radius 3 is 2.11 bits per heavy atom. The van der Waals surface area contributed by atoms with Crippen molar-refractivity contribution in [1.29, 1.82) is 0 Å². The van der Waals surface area contributed by atoms with Crippen LogP contribution in [0.15, 0.2) is 54.6 Å². The molecule has 3 rings (SSSR count). The van der Waals surface area contributed by atoms with Crippen molar-refractivity contribution in [2.75, 3.05) is 0 Å². The lowest BCUT2D eigenvalue weighted by Gasteiger charge is -2.26. The summed E-state index contributed by atoms with van der Waals surface area (Å²) in [6.45, 7) is 2.21. The van der Waals surface area contributed by atoms with E-state index in [4.69, 9.17) is 9.47 Å². The highest BCUT2D eigenvalue weighted by Gasteiger charge is 2.27. The van der Waals surface area contributed by atoms with Gasteiger partial charge in [0.2, 0.25) is 0 Å². The summed E-state index contributed by atoms with van der Waals surface area (Å²) in [6.07, 6.45) is 6.49. The third kappa shape index (κ3) is 5.43. The van der Waals surface area contributed by atoms with Crippen molar-refractivity contribution in [3.8, 4) is 11.5 Å². The topological polar surface area (TPSA) is 52.6 Å². The first-order valence-electron chi connectivity index (χ1n) is 9.74. The quantitative estimate of drug-likeness (QED) is 0.506. The van der Waals surface area contributed by atoms with E-state index in [1.54, 1.807) is 48.5 Å². The molecule has 0 aromatic heterocycles. The van der Waals surface area contributed by atoms with Gasteiger partial charge >= 0.3 is 11.9 Å². The maximum atomic E-state index is 12.4. The molecule has 1 saturated carbocycles. The van der Waals surface area contributed by atoms with Gasteiger partial charge in [0.1, 0.15) is 11.5 Å². The van der Waals surface area contributed by atoms with Crippen LogP contribution in [0.4, 0.5) is 0 Å². The maximum Gasteiger partial charge on any atom is 0.343 e. The fourth-order valence-electron chi connectivity index (χ4n) is 3.61. The van der Waals surface area contributed by atoms with Gasteiger partial charge in [-0.25, -0.2) is 4.79 Å². The molecule has 0 aliphatic heterocycles. The molecule has 4 heteroatoms. The van der Waals surface area contributed by atoms with Gasteiger partial charge in [0.15, 0.2) is 0 Å². The number of carbonyl (C=O) groups excluding carboxylic acids is 2. The lowest BCUT2D eigenvalue weighted by molar-refractivity contribution is -0.140. The normalized spacial score (nSPS) is 19.3. The molecule has 142 valence electrons. The average molecular weight is 366 g/mol. The van der Waals surface area contributed by atoms with E-state index in [1.165, 1.54) is 12.8 Å². The first kappa shape index (κ1) is 19.2. The summed E-state index contributed by atoms with van der Waals surface area (Å²) < 4.78 is 10.8. The molecule has 0 unspecified atom stereocenters. The number of carbonyl (C=O) groups is 2. The fourth-order valence-corrected chi connectivity index (χ4v) is 3.61. The van der Waals surface area contributed by atoms with Gasteiger partial charge < -0.3 is 9.47 Å². The van der Waals surface area contributed by atoms with Crippen LogP contribution in [-0.2, 0) is 4.79 Å². The van der Waals surface area contributed by atoms with Crippen LogP contribution in [0.3, 0.4) is 0 Å². The summed E-state index contributed by atoms with van der Waals surface area (Å²) in [4.78, 5) is 24.5. The number of para-hydroxylation sites is 1. The number of hydrogen-bond donors (Lipinski definition) is 0. The smallest absolute Gasteiger partial charge is 0.343 e. The van der Waals surface area contributed by atoms with Crippen molar-refractivity contribution >= 4 is 11.9 Å². The Balaban J connectivity index is 1.51. The molecule has 0 amide bonds. The monoisotopic (exact) mass is 366 g/mol. The van der Waals surface area contributed by atoms with Crippen LogP contribution in [0.1, 0.15) is 55.8 Å². The molecular weight excluding hydrogens is 340 g/mol. The van der Waals surface area contributed by atoms with Crippen LogP contribution in [0.5, 0.6) is 11.5 Å². The van der Waals surface area contributed by atoms with E-state index in [2.05, 4.69) is 6.92 Å². The first-order valence-corrected chi connectivity index (χ1v) is 9.74. The maximum absolute atomic E-state index is 12.4. The number of rotatable bonds is 6. The third-order valence-corrected chi connectivity index (χ3v) is 5.14. The van der Waals surface area contributed by atoms with Crippen LogP contribution in [0.25, 0.3) is 0 Å². The highest BCUT2D eigenvalue weighted by molar-refractivity contribution is 5.91. The van der Waals surface area contributed by atoms with Gasteiger partial charge in [-0.3, -0.25) is 4.79 Å². The van der Waals surface area contributed by atoms with Gasteiger partial charge in [-0.15, -0.1) is 0 Å². The second kappa shape index (κ2) is 9.36.